The van der Waals surface area contributed by atoms with E-state index in [0.717, 1.165) is 25.2 Å². The van der Waals surface area contributed by atoms with Gasteiger partial charge in [-0.05, 0) is 43.6 Å². The van der Waals surface area contributed by atoms with Gasteiger partial charge >= 0.3 is 0 Å². The van der Waals surface area contributed by atoms with Gasteiger partial charge in [0.25, 0.3) is 5.91 Å². The number of hydrogen-bond donors (Lipinski definition) is 1. The van der Waals surface area contributed by atoms with Gasteiger partial charge < -0.3 is 14.9 Å². The third-order valence-corrected chi connectivity index (χ3v) is 5.60. The molecule has 27 heavy (non-hydrogen) atoms. The van der Waals surface area contributed by atoms with Crippen LogP contribution in [-0.4, -0.2) is 52.8 Å². The second kappa shape index (κ2) is 8.44. The average molecular weight is 391 g/mol. The molecule has 0 spiro atoms. The smallest absolute Gasteiger partial charge is 0.290 e. The largest absolute Gasteiger partial charge is 0.503 e. The molecular formula is C21H27ClN2O3. The minimum Gasteiger partial charge on any atom is -0.503 e. The van der Waals surface area contributed by atoms with Gasteiger partial charge in [-0.15, -0.1) is 0 Å². The van der Waals surface area contributed by atoms with Crippen LogP contribution in [0.25, 0.3) is 0 Å². The number of likely N-dealkylation sites (tertiary alicyclic amines) is 1. The number of carbonyl (C=O) groups excluding carboxylic acids is 2. The topological polar surface area (TPSA) is 60.9 Å². The van der Waals surface area contributed by atoms with Gasteiger partial charge in [0.15, 0.2) is 11.5 Å². The summed E-state index contributed by atoms with van der Waals surface area (Å²) in [6.07, 6.45) is 3.60. The molecule has 1 aromatic rings. The predicted octanol–water partition coefficient (Wildman–Crippen LogP) is 3.75. The maximum atomic E-state index is 12.8. The van der Waals surface area contributed by atoms with Crippen molar-refractivity contribution in [2.24, 2.45) is 5.92 Å². The Balaban J connectivity index is 1.91. The van der Waals surface area contributed by atoms with Gasteiger partial charge in [-0.2, -0.15) is 0 Å². The Bertz CT molecular complexity index is 754. The van der Waals surface area contributed by atoms with Crippen LogP contribution in [0.1, 0.15) is 44.7 Å². The summed E-state index contributed by atoms with van der Waals surface area (Å²) in [5.41, 5.74) is 0.943. The molecule has 1 atom stereocenters. The van der Waals surface area contributed by atoms with Gasteiger partial charge in [0, 0.05) is 24.0 Å². The van der Waals surface area contributed by atoms with E-state index in [4.69, 9.17) is 11.6 Å². The molecule has 0 aromatic heterocycles. The van der Waals surface area contributed by atoms with Crippen LogP contribution in [0.15, 0.2) is 35.6 Å². The van der Waals surface area contributed by atoms with Crippen molar-refractivity contribution in [3.63, 3.8) is 0 Å². The number of hydrogen-bond acceptors (Lipinski definition) is 4. The Kier molecular flexibility index (Phi) is 6.22. The van der Waals surface area contributed by atoms with E-state index in [1.54, 1.807) is 36.9 Å². The molecule has 1 aromatic carbocycles. The van der Waals surface area contributed by atoms with Crippen molar-refractivity contribution in [2.75, 3.05) is 26.2 Å². The highest BCUT2D eigenvalue weighted by molar-refractivity contribution is 6.30. The Morgan fingerprint density at radius 2 is 1.93 bits per heavy atom. The lowest BCUT2D eigenvalue weighted by atomic mass is 9.91. The quantitative estimate of drug-likeness (QED) is 0.803. The highest BCUT2D eigenvalue weighted by atomic mass is 35.5. The summed E-state index contributed by atoms with van der Waals surface area (Å²) < 4.78 is 0. The number of aliphatic hydroxyl groups is 1. The van der Waals surface area contributed by atoms with Crippen molar-refractivity contribution < 1.29 is 14.7 Å². The molecular weight excluding hydrogens is 364 g/mol. The lowest BCUT2D eigenvalue weighted by Crippen LogP contribution is -2.40. The number of benzene rings is 1. The molecule has 6 heteroatoms. The minimum atomic E-state index is -0.587. The summed E-state index contributed by atoms with van der Waals surface area (Å²) in [5.74, 6) is -1.40. The van der Waals surface area contributed by atoms with Crippen molar-refractivity contribution in [3.05, 3.63) is 46.2 Å². The van der Waals surface area contributed by atoms with Crippen LogP contribution in [-0.2, 0) is 9.59 Å². The highest BCUT2D eigenvalue weighted by Gasteiger charge is 2.43. The summed E-state index contributed by atoms with van der Waals surface area (Å²) in [7, 11) is 0. The van der Waals surface area contributed by atoms with E-state index in [9.17, 15) is 14.7 Å². The number of halogens is 1. The molecule has 0 saturated carbocycles. The number of Topliss-reactive ketones (excluding diaryl/α,β-unsaturated/α-hetero) is 1. The van der Waals surface area contributed by atoms with Crippen LogP contribution in [0.5, 0.6) is 0 Å². The lowest BCUT2D eigenvalue weighted by Gasteiger charge is -2.32. The van der Waals surface area contributed by atoms with Crippen LogP contribution in [0, 0.1) is 5.92 Å². The third-order valence-electron chi connectivity index (χ3n) is 5.36. The number of ketones is 1. The first-order valence-corrected chi connectivity index (χ1v) is 10.0. The van der Waals surface area contributed by atoms with E-state index in [0.29, 0.717) is 11.6 Å². The van der Waals surface area contributed by atoms with Crippen molar-refractivity contribution in [3.8, 4) is 0 Å². The van der Waals surface area contributed by atoms with Gasteiger partial charge in [-0.3, -0.25) is 9.59 Å². The second-order valence-electron chi connectivity index (χ2n) is 7.64. The SMILES string of the molecule is CC(C)C(=O)C1=C(O)C(=O)N(CCN2CCCCC2)C1c1cccc(Cl)c1. The Hall–Kier alpha value is -1.85. The van der Waals surface area contributed by atoms with Crippen LogP contribution in [0.4, 0.5) is 0 Å². The normalized spacial score (nSPS) is 21.4. The molecule has 0 bridgehead atoms. The fraction of sp³-hybridized carbons (Fsp3) is 0.524. The second-order valence-corrected chi connectivity index (χ2v) is 8.08. The molecule has 1 unspecified atom stereocenters. The van der Waals surface area contributed by atoms with Crippen LogP contribution < -0.4 is 0 Å². The van der Waals surface area contributed by atoms with Gasteiger partial charge in [-0.1, -0.05) is 44.0 Å². The Morgan fingerprint density at radius 1 is 1.22 bits per heavy atom. The van der Waals surface area contributed by atoms with E-state index in [1.165, 1.54) is 19.3 Å². The van der Waals surface area contributed by atoms with Gasteiger partial charge in [0.1, 0.15) is 0 Å². The maximum Gasteiger partial charge on any atom is 0.290 e. The zero-order valence-electron chi connectivity index (χ0n) is 15.9. The summed E-state index contributed by atoms with van der Waals surface area (Å²) in [4.78, 5) is 29.5. The average Bonchev–Trinajstić information content (AvgIpc) is 2.91. The number of rotatable bonds is 6. The van der Waals surface area contributed by atoms with Gasteiger partial charge in [0.2, 0.25) is 0 Å². The fourth-order valence-corrected chi connectivity index (χ4v) is 4.10. The minimum absolute atomic E-state index is 0.191. The molecule has 0 aliphatic carbocycles. The van der Waals surface area contributed by atoms with Crippen LogP contribution >= 0.6 is 11.6 Å². The first kappa shape index (κ1) is 19.9. The van der Waals surface area contributed by atoms with E-state index < -0.39 is 17.7 Å². The molecule has 1 fully saturated rings. The first-order chi connectivity index (χ1) is 12.9. The molecule has 2 heterocycles. The van der Waals surface area contributed by atoms with E-state index in [-0.39, 0.29) is 17.3 Å². The van der Waals surface area contributed by atoms with Crippen LogP contribution in [0.2, 0.25) is 5.02 Å². The summed E-state index contributed by atoms with van der Waals surface area (Å²) in [5, 5.41) is 11.0. The zero-order chi connectivity index (χ0) is 19.6. The Labute approximate surface area is 165 Å². The van der Waals surface area contributed by atoms with Crippen molar-refractivity contribution in [1.29, 1.82) is 0 Å². The molecule has 146 valence electrons. The standard InChI is InChI=1S/C21H27ClN2O3/c1-14(2)19(25)17-18(15-7-6-8-16(22)13-15)24(21(27)20(17)26)12-11-23-9-4-3-5-10-23/h6-8,13-14,18,26H,3-5,9-12H2,1-2H3. The molecule has 5 nitrogen and oxygen atoms in total. The van der Waals surface area contributed by atoms with Gasteiger partial charge in [0.05, 0.1) is 11.6 Å². The molecule has 2 aliphatic rings. The van der Waals surface area contributed by atoms with Crippen LogP contribution in [0.3, 0.4) is 0 Å². The first-order valence-electron chi connectivity index (χ1n) is 9.66. The van der Waals surface area contributed by atoms with E-state index in [1.807, 2.05) is 6.07 Å². The van der Waals surface area contributed by atoms with E-state index >= 15 is 0 Å². The summed E-state index contributed by atoms with van der Waals surface area (Å²) >= 11 is 6.16. The molecule has 3 rings (SSSR count). The van der Waals surface area contributed by atoms with Crippen molar-refractivity contribution >= 4 is 23.3 Å². The zero-order valence-corrected chi connectivity index (χ0v) is 16.7. The highest BCUT2D eigenvalue weighted by Crippen LogP contribution is 2.39. The molecule has 1 amide bonds. The van der Waals surface area contributed by atoms with E-state index in [2.05, 4.69) is 4.90 Å². The third kappa shape index (κ3) is 4.19. The number of aliphatic hydroxyl groups excluding tert-OH is 1. The fourth-order valence-electron chi connectivity index (χ4n) is 3.90. The molecule has 0 radical (unpaired) electrons. The number of nitrogens with zero attached hydrogens (tertiary/aromatic N) is 2. The predicted molar refractivity (Wildman–Crippen MR) is 106 cm³/mol. The van der Waals surface area contributed by atoms with Crippen molar-refractivity contribution in [1.82, 2.24) is 9.80 Å². The number of piperidine rings is 1. The Morgan fingerprint density at radius 3 is 2.56 bits per heavy atom. The lowest BCUT2D eigenvalue weighted by molar-refractivity contribution is -0.129. The van der Waals surface area contributed by atoms with Gasteiger partial charge in [-0.25, -0.2) is 0 Å². The maximum absolute atomic E-state index is 12.8. The van der Waals surface area contributed by atoms with Crippen molar-refractivity contribution in [2.45, 2.75) is 39.2 Å². The molecule has 1 saturated heterocycles. The summed E-state index contributed by atoms with van der Waals surface area (Å²) in [6.45, 7) is 6.81. The monoisotopic (exact) mass is 390 g/mol. The molecule has 2 aliphatic heterocycles. The summed E-state index contributed by atoms with van der Waals surface area (Å²) in [6, 6.07) is 6.59. The molecule has 1 N–H and O–H groups in total. The number of carbonyl (C=O) groups is 2. The number of amides is 1.